The second-order valence-corrected chi connectivity index (χ2v) is 5.25. The third-order valence-corrected chi connectivity index (χ3v) is 3.62. The highest BCUT2D eigenvalue weighted by Gasteiger charge is 2.32. The fourth-order valence-electron chi connectivity index (χ4n) is 2.45. The summed E-state index contributed by atoms with van der Waals surface area (Å²) in [4.78, 5) is 22.1. The standard InChI is InChI=1S/C14H24O5/c1-2-3-4-5-6-11(14(17)18)12(15)9-10-7-8-13(16)19-10/h10-12,15H,2-9H2,1H3,(H,17,18)/t10-,11-,12+/m0/s1. The van der Waals surface area contributed by atoms with Gasteiger partial charge in [0.2, 0.25) is 0 Å². The minimum absolute atomic E-state index is 0.233. The monoisotopic (exact) mass is 272 g/mol. The number of aliphatic carboxylic acids is 1. The maximum absolute atomic E-state index is 11.2. The first kappa shape index (κ1) is 16.0. The molecule has 0 aromatic rings. The zero-order valence-electron chi connectivity index (χ0n) is 11.5. The van der Waals surface area contributed by atoms with E-state index in [9.17, 15) is 14.7 Å². The quantitative estimate of drug-likeness (QED) is 0.496. The Morgan fingerprint density at radius 3 is 2.68 bits per heavy atom. The predicted octanol–water partition coefficient (Wildman–Crippen LogP) is 2.11. The average Bonchev–Trinajstić information content (AvgIpc) is 2.74. The fraction of sp³-hybridized carbons (Fsp3) is 0.857. The van der Waals surface area contributed by atoms with Crippen molar-refractivity contribution in [2.24, 2.45) is 5.92 Å². The molecule has 1 aliphatic heterocycles. The Morgan fingerprint density at radius 2 is 2.16 bits per heavy atom. The molecule has 1 aliphatic rings. The zero-order chi connectivity index (χ0) is 14.3. The SMILES string of the molecule is CCCCCC[C@H](C(=O)O)[C@H](O)C[C@@H]1CCC(=O)O1. The summed E-state index contributed by atoms with van der Waals surface area (Å²) < 4.78 is 5.01. The molecule has 0 radical (unpaired) electrons. The molecule has 0 aliphatic carbocycles. The van der Waals surface area contributed by atoms with E-state index in [4.69, 9.17) is 9.84 Å². The van der Waals surface area contributed by atoms with Gasteiger partial charge in [-0.3, -0.25) is 9.59 Å². The van der Waals surface area contributed by atoms with Crippen molar-refractivity contribution in [2.75, 3.05) is 0 Å². The fourth-order valence-corrected chi connectivity index (χ4v) is 2.45. The number of carbonyl (C=O) groups excluding carboxylic acids is 1. The number of cyclic esters (lactones) is 1. The Labute approximate surface area is 114 Å². The molecule has 1 fully saturated rings. The lowest BCUT2D eigenvalue weighted by Gasteiger charge is -2.21. The van der Waals surface area contributed by atoms with E-state index in [2.05, 4.69) is 6.92 Å². The van der Waals surface area contributed by atoms with E-state index in [-0.39, 0.29) is 18.5 Å². The lowest BCUT2D eigenvalue weighted by atomic mass is 9.91. The summed E-state index contributed by atoms with van der Waals surface area (Å²) in [6, 6.07) is 0. The second-order valence-electron chi connectivity index (χ2n) is 5.25. The van der Waals surface area contributed by atoms with Crippen molar-refractivity contribution in [3.63, 3.8) is 0 Å². The van der Waals surface area contributed by atoms with Crippen molar-refractivity contribution in [2.45, 2.75) is 70.5 Å². The molecule has 1 rings (SSSR count). The minimum Gasteiger partial charge on any atom is -0.481 e. The number of carboxylic acids is 1. The lowest BCUT2D eigenvalue weighted by molar-refractivity contribution is -0.147. The Balaban J connectivity index is 2.37. The highest BCUT2D eigenvalue weighted by atomic mass is 16.5. The Bertz CT molecular complexity index is 302. The summed E-state index contributed by atoms with van der Waals surface area (Å²) in [7, 11) is 0. The van der Waals surface area contributed by atoms with Crippen molar-refractivity contribution >= 4 is 11.9 Å². The van der Waals surface area contributed by atoms with Gasteiger partial charge in [-0.05, 0) is 12.8 Å². The Morgan fingerprint density at radius 1 is 1.42 bits per heavy atom. The molecule has 0 aromatic heterocycles. The van der Waals surface area contributed by atoms with Crippen molar-refractivity contribution in [3.05, 3.63) is 0 Å². The molecule has 5 heteroatoms. The van der Waals surface area contributed by atoms with Gasteiger partial charge in [0.05, 0.1) is 12.0 Å². The van der Waals surface area contributed by atoms with Crippen molar-refractivity contribution in [1.82, 2.24) is 0 Å². The topological polar surface area (TPSA) is 83.8 Å². The van der Waals surface area contributed by atoms with Crippen LogP contribution in [-0.4, -0.2) is 34.4 Å². The summed E-state index contributed by atoms with van der Waals surface area (Å²) in [5.41, 5.74) is 0. The van der Waals surface area contributed by atoms with Gasteiger partial charge in [0.15, 0.2) is 0 Å². The molecule has 0 saturated carbocycles. The third kappa shape index (κ3) is 5.59. The molecule has 0 bridgehead atoms. The van der Waals surface area contributed by atoms with Crippen LogP contribution in [0.25, 0.3) is 0 Å². The summed E-state index contributed by atoms with van der Waals surface area (Å²) in [6.45, 7) is 2.10. The first-order valence-corrected chi connectivity index (χ1v) is 7.15. The van der Waals surface area contributed by atoms with E-state index in [0.29, 0.717) is 19.3 Å². The minimum atomic E-state index is -0.965. The molecule has 0 spiro atoms. The van der Waals surface area contributed by atoms with Gasteiger partial charge in [-0.1, -0.05) is 32.6 Å². The molecule has 0 unspecified atom stereocenters. The molecule has 1 saturated heterocycles. The van der Waals surface area contributed by atoms with Gasteiger partial charge < -0.3 is 14.9 Å². The smallest absolute Gasteiger partial charge is 0.309 e. The molecule has 1 heterocycles. The molecular weight excluding hydrogens is 248 g/mol. The van der Waals surface area contributed by atoms with Gasteiger partial charge in [0, 0.05) is 12.8 Å². The van der Waals surface area contributed by atoms with E-state index in [0.717, 1.165) is 25.7 Å². The number of hydrogen-bond acceptors (Lipinski definition) is 4. The highest BCUT2D eigenvalue weighted by molar-refractivity contribution is 5.72. The van der Waals surface area contributed by atoms with Crippen molar-refractivity contribution in [1.29, 1.82) is 0 Å². The van der Waals surface area contributed by atoms with Gasteiger partial charge >= 0.3 is 11.9 Å². The summed E-state index contributed by atoms with van der Waals surface area (Å²) in [6.07, 6.45) is 4.39. The first-order chi connectivity index (χ1) is 9.04. The molecular formula is C14H24O5. The number of esters is 1. The van der Waals surface area contributed by atoms with Crippen LogP contribution in [0.1, 0.15) is 58.3 Å². The largest absolute Gasteiger partial charge is 0.481 e. The van der Waals surface area contributed by atoms with E-state index < -0.39 is 18.0 Å². The molecule has 0 amide bonds. The van der Waals surface area contributed by atoms with Crippen LogP contribution in [0.3, 0.4) is 0 Å². The number of unbranched alkanes of at least 4 members (excludes halogenated alkanes) is 3. The van der Waals surface area contributed by atoms with Crippen LogP contribution < -0.4 is 0 Å². The van der Waals surface area contributed by atoms with E-state index in [1.807, 2.05) is 0 Å². The molecule has 19 heavy (non-hydrogen) atoms. The van der Waals surface area contributed by atoms with Crippen molar-refractivity contribution in [3.8, 4) is 0 Å². The van der Waals surface area contributed by atoms with Crippen LogP contribution in [0.5, 0.6) is 0 Å². The first-order valence-electron chi connectivity index (χ1n) is 7.15. The summed E-state index contributed by atoms with van der Waals surface area (Å²) in [5, 5.41) is 19.2. The maximum Gasteiger partial charge on any atom is 0.309 e. The Kier molecular flexibility index (Phi) is 6.84. The zero-order valence-corrected chi connectivity index (χ0v) is 11.5. The van der Waals surface area contributed by atoms with Crippen LogP contribution in [0.2, 0.25) is 0 Å². The van der Waals surface area contributed by atoms with E-state index in [1.165, 1.54) is 0 Å². The highest BCUT2D eigenvalue weighted by Crippen LogP contribution is 2.24. The maximum atomic E-state index is 11.2. The number of aliphatic hydroxyl groups is 1. The number of ether oxygens (including phenoxy) is 1. The summed E-state index contributed by atoms with van der Waals surface area (Å²) in [5.74, 6) is -1.98. The molecule has 0 aromatic carbocycles. The van der Waals surface area contributed by atoms with Crippen LogP contribution in [-0.2, 0) is 14.3 Å². The normalized spacial score (nSPS) is 22.0. The molecule has 110 valence electrons. The van der Waals surface area contributed by atoms with Crippen LogP contribution >= 0.6 is 0 Å². The molecule has 5 nitrogen and oxygen atoms in total. The van der Waals surface area contributed by atoms with Gasteiger partial charge in [0.1, 0.15) is 6.10 Å². The van der Waals surface area contributed by atoms with Crippen LogP contribution in [0, 0.1) is 5.92 Å². The van der Waals surface area contributed by atoms with Gasteiger partial charge in [-0.15, -0.1) is 0 Å². The van der Waals surface area contributed by atoms with Crippen LogP contribution in [0.4, 0.5) is 0 Å². The third-order valence-electron chi connectivity index (χ3n) is 3.62. The number of hydrogen-bond donors (Lipinski definition) is 2. The number of rotatable bonds is 9. The number of aliphatic hydroxyl groups excluding tert-OH is 1. The number of carboxylic acid groups (broad SMARTS) is 1. The lowest BCUT2D eigenvalue weighted by Crippen LogP contribution is -2.31. The summed E-state index contributed by atoms with van der Waals surface area (Å²) >= 11 is 0. The second kappa shape index (κ2) is 8.15. The predicted molar refractivity (Wildman–Crippen MR) is 69.6 cm³/mol. The average molecular weight is 272 g/mol. The molecule has 2 N–H and O–H groups in total. The van der Waals surface area contributed by atoms with E-state index in [1.54, 1.807) is 0 Å². The van der Waals surface area contributed by atoms with E-state index >= 15 is 0 Å². The van der Waals surface area contributed by atoms with Crippen molar-refractivity contribution < 1.29 is 24.5 Å². The molecule has 3 atom stereocenters. The van der Waals surface area contributed by atoms with Gasteiger partial charge in [-0.25, -0.2) is 0 Å². The van der Waals surface area contributed by atoms with Gasteiger partial charge in [-0.2, -0.15) is 0 Å². The van der Waals surface area contributed by atoms with Gasteiger partial charge in [0.25, 0.3) is 0 Å². The Hall–Kier alpha value is -1.10. The number of carbonyl (C=O) groups is 2. The van der Waals surface area contributed by atoms with Crippen LogP contribution in [0.15, 0.2) is 0 Å².